The number of para-hydroxylation sites is 1. The molecule has 5 rings (SSSR count). The Bertz CT molecular complexity index is 1360. The smallest absolute Gasteiger partial charge is 0.237 e. The number of aryl methyl sites for hydroxylation is 1. The number of nitrogens with zero attached hydrogens (tertiary/aromatic N) is 3. The highest BCUT2D eigenvalue weighted by atomic mass is 35.5. The Labute approximate surface area is 194 Å². The highest BCUT2D eigenvalue weighted by Crippen LogP contribution is 2.32. The first-order valence-electron chi connectivity index (χ1n) is 10.1. The number of amides is 1. The lowest BCUT2D eigenvalue weighted by molar-refractivity contribution is -0.116. The van der Waals surface area contributed by atoms with Crippen molar-refractivity contribution in [2.75, 3.05) is 5.32 Å². The molecular formula is C25H19ClN4OS. The average molecular weight is 459 g/mol. The lowest BCUT2D eigenvalue weighted by Gasteiger charge is -2.18. The zero-order valence-corrected chi connectivity index (χ0v) is 18.8. The molecule has 1 N–H and O–H groups in total. The number of anilines is 1. The Morgan fingerprint density at radius 3 is 2.25 bits per heavy atom. The lowest BCUT2D eigenvalue weighted by atomic mass is 9.90. The quantitative estimate of drug-likeness (QED) is 0.340. The van der Waals surface area contributed by atoms with Gasteiger partial charge in [0.1, 0.15) is 11.3 Å². The summed E-state index contributed by atoms with van der Waals surface area (Å²) in [6.45, 7) is 1.89. The van der Waals surface area contributed by atoms with Crippen LogP contribution in [0.2, 0.25) is 5.02 Å². The summed E-state index contributed by atoms with van der Waals surface area (Å²) in [6.07, 6.45) is 0. The summed E-state index contributed by atoms with van der Waals surface area (Å²) >= 11 is 7.78. The monoisotopic (exact) mass is 458 g/mol. The fraction of sp³-hybridized carbons (Fsp3) is 0.0800. The second-order valence-corrected chi connectivity index (χ2v) is 8.83. The van der Waals surface area contributed by atoms with Crippen LogP contribution in [0.3, 0.4) is 0 Å². The van der Waals surface area contributed by atoms with Gasteiger partial charge in [-0.1, -0.05) is 89.7 Å². The van der Waals surface area contributed by atoms with Crippen LogP contribution in [0.15, 0.2) is 84.9 Å². The van der Waals surface area contributed by atoms with Crippen LogP contribution in [0, 0.1) is 6.92 Å². The van der Waals surface area contributed by atoms with Crippen molar-refractivity contribution in [3.63, 3.8) is 0 Å². The molecule has 0 saturated carbocycles. The topological polar surface area (TPSA) is 59.8 Å². The first kappa shape index (κ1) is 20.4. The number of hydrogen-bond donors (Lipinski definition) is 1. The molecule has 0 unspecified atom stereocenters. The summed E-state index contributed by atoms with van der Waals surface area (Å²) in [7, 11) is 0. The van der Waals surface area contributed by atoms with E-state index in [4.69, 9.17) is 11.6 Å². The van der Waals surface area contributed by atoms with Crippen LogP contribution in [0.5, 0.6) is 0 Å². The van der Waals surface area contributed by atoms with Crippen LogP contribution in [-0.4, -0.2) is 20.7 Å². The third-order valence-electron chi connectivity index (χ3n) is 5.15. The molecule has 0 aliphatic rings. The summed E-state index contributed by atoms with van der Waals surface area (Å²) in [6, 6.07) is 27.1. The fourth-order valence-electron chi connectivity index (χ4n) is 3.71. The molecular weight excluding hydrogens is 440 g/mol. The van der Waals surface area contributed by atoms with Crippen molar-refractivity contribution in [3.05, 3.63) is 107 Å². The number of thiazole rings is 1. The predicted octanol–water partition coefficient (Wildman–Crippen LogP) is 6.21. The van der Waals surface area contributed by atoms with Gasteiger partial charge in [0.25, 0.3) is 0 Å². The predicted molar refractivity (Wildman–Crippen MR) is 130 cm³/mol. The average Bonchev–Trinajstić information content (AvgIpc) is 3.39. The van der Waals surface area contributed by atoms with E-state index in [2.05, 4.69) is 15.4 Å². The first-order valence-corrected chi connectivity index (χ1v) is 11.3. The van der Waals surface area contributed by atoms with Gasteiger partial charge in [0.2, 0.25) is 11.0 Å². The second kappa shape index (κ2) is 8.57. The number of rotatable bonds is 5. The van der Waals surface area contributed by atoms with Gasteiger partial charge >= 0.3 is 0 Å². The molecule has 3 aromatic carbocycles. The zero-order valence-electron chi connectivity index (χ0n) is 17.2. The summed E-state index contributed by atoms with van der Waals surface area (Å²) < 4.78 is 2.63. The molecule has 0 aliphatic carbocycles. The summed E-state index contributed by atoms with van der Waals surface area (Å²) in [5.41, 5.74) is 3.35. The third kappa shape index (κ3) is 3.90. The number of aromatic nitrogens is 3. The number of nitrogens with one attached hydrogen (secondary N) is 1. The van der Waals surface area contributed by atoms with E-state index in [-0.39, 0.29) is 5.91 Å². The van der Waals surface area contributed by atoms with Crippen molar-refractivity contribution < 1.29 is 4.79 Å². The molecule has 2 heterocycles. The molecule has 0 radical (unpaired) electrons. The Kier molecular flexibility index (Phi) is 5.47. The highest BCUT2D eigenvalue weighted by molar-refractivity contribution is 7.20. The van der Waals surface area contributed by atoms with Crippen molar-refractivity contribution in [2.24, 2.45) is 0 Å². The minimum absolute atomic E-state index is 0.136. The van der Waals surface area contributed by atoms with Crippen LogP contribution in [0.4, 0.5) is 5.82 Å². The van der Waals surface area contributed by atoms with Crippen LogP contribution >= 0.6 is 22.9 Å². The van der Waals surface area contributed by atoms with Crippen LogP contribution in [0.25, 0.3) is 15.3 Å². The van der Waals surface area contributed by atoms with Gasteiger partial charge < -0.3 is 5.32 Å². The minimum Gasteiger partial charge on any atom is -0.310 e. The molecule has 5 aromatic rings. The van der Waals surface area contributed by atoms with Gasteiger partial charge in [-0.25, -0.2) is 4.98 Å². The molecule has 0 aliphatic heterocycles. The SMILES string of the molecule is Cc1cc(NC(=O)C(c2ccccc2)c2ccccc2)n(-c2nc3c(Cl)cccc3s2)n1. The van der Waals surface area contributed by atoms with E-state index in [0.29, 0.717) is 16.0 Å². The minimum atomic E-state index is -0.453. The standard InChI is InChI=1S/C25H19ClN4OS/c1-16-15-21(30(29-16)25-28-23-19(26)13-8-14-20(23)32-25)27-24(31)22(17-9-4-2-5-10-17)18-11-6-3-7-12-18/h2-15,22H,1H3,(H,27,31). The van der Waals surface area contributed by atoms with E-state index in [0.717, 1.165) is 27.0 Å². The molecule has 158 valence electrons. The van der Waals surface area contributed by atoms with Gasteiger partial charge in [0.15, 0.2) is 0 Å². The molecule has 0 fully saturated rings. The molecule has 7 heteroatoms. The zero-order chi connectivity index (χ0) is 22.1. The molecule has 0 bridgehead atoms. The van der Waals surface area contributed by atoms with E-state index < -0.39 is 5.92 Å². The Balaban J connectivity index is 1.53. The number of halogens is 1. The Morgan fingerprint density at radius 2 is 1.62 bits per heavy atom. The van der Waals surface area contributed by atoms with Crippen molar-refractivity contribution in [2.45, 2.75) is 12.8 Å². The summed E-state index contributed by atoms with van der Waals surface area (Å²) in [5.74, 6) is -0.0203. The third-order valence-corrected chi connectivity index (χ3v) is 6.45. The maximum atomic E-state index is 13.5. The molecule has 1 amide bonds. The maximum Gasteiger partial charge on any atom is 0.237 e. The van der Waals surface area contributed by atoms with E-state index in [1.54, 1.807) is 4.68 Å². The maximum absolute atomic E-state index is 13.5. The van der Waals surface area contributed by atoms with E-state index in [1.807, 2.05) is 91.9 Å². The highest BCUT2D eigenvalue weighted by Gasteiger charge is 2.24. The van der Waals surface area contributed by atoms with E-state index in [1.165, 1.54) is 11.3 Å². The van der Waals surface area contributed by atoms with Gasteiger partial charge in [-0.3, -0.25) is 4.79 Å². The second-order valence-electron chi connectivity index (χ2n) is 7.41. The van der Waals surface area contributed by atoms with E-state index in [9.17, 15) is 4.79 Å². The van der Waals surface area contributed by atoms with Crippen LogP contribution < -0.4 is 5.32 Å². The van der Waals surface area contributed by atoms with E-state index >= 15 is 0 Å². The fourth-order valence-corrected chi connectivity index (χ4v) is 4.94. The van der Waals surface area contributed by atoms with Crippen molar-refractivity contribution in [3.8, 4) is 5.13 Å². The van der Waals surface area contributed by atoms with Gasteiger partial charge in [0, 0.05) is 6.07 Å². The number of carbonyl (C=O) groups excluding carboxylic acids is 1. The van der Waals surface area contributed by atoms with Gasteiger partial charge in [-0.15, -0.1) is 0 Å². The lowest BCUT2D eigenvalue weighted by Crippen LogP contribution is -2.23. The van der Waals surface area contributed by atoms with Gasteiger partial charge in [-0.2, -0.15) is 9.78 Å². The molecule has 5 nitrogen and oxygen atoms in total. The molecule has 0 spiro atoms. The number of carbonyl (C=O) groups is 1. The molecule has 2 aromatic heterocycles. The van der Waals surface area contributed by atoms with Gasteiger partial charge in [-0.05, 0) is 30.2 Å². The Hall–Kier alpha value is -3.48. The normalized spacial score (nSPS) is 11.2. The molecule has 32 heavy (non-hydrogen) atoms. The summed E-state index contributed by atoms with van der Waals surface area (Å²) in [4.78, 5) is 18.2. The largest absolute Gasteiger partial charge is 0.310 e. The van der Waals surface area contributed by atoms with Gasteiger partial charge in [0.05, 0.1) is 21.3 Å². The first-order chi connectivity index (χ1) is 15.6. The van der Waals surface area contributed by atoms with Crippen molar-refractivity contribution in [1.82, 2.24) is 14.8 Å². The van der Waals surface area contributed by atoms with Crippen LogP contribution in [-0.2, 0) is 4.79 Å². The number of benzene rings is 3. The van der Waals surface area contributed by atoms with Crippen molar-refractivity contribution >= 4 is 44.9 Å². The Morgan fingerprint density at radius 1 is 0.969 bits per heavy atom. The molecule has 0 atom stereocenters. The molecule has 0 saturated heterocycles. The number of fused-ring (bicyclic) bond motifs is 1. The summed E-state index contributed by atoms with van der Waals surface area (Å²) in [5, 5.41) is 8.89. The van der Waals surface area contributed by atoms with Crippen molar-refractivity contribution in [1.29, 1.82) is 0 Å². The van der Waals surface area contributed by atoms with Crippen LogP contribution in [0.1, 0.15) is 22.7 Å². The number of hydrogen-bond acceptors (Lipinski definition) is 4.